The first-order valence-electron chi connectivity index (χ1n) is 21.4. The Bertz CT molecular complexity index is 1220. The van der Waals surface area contributed by atoms with Gasteiger partial charge in [-0.3, -0.25) is 23.4 Å². The topological polar surface area (TPSA) is 192 Å². The van der Waals surface area contributed by atoms with Gasteiger partial charge in [0.25, 0.3) is 0 Å². The molecule has 57 heavy (non-hydrogen) atoms. The van der Waals surface area contributed by atoms with Crippen molar-refractivity contribution in [3.05, 3.63) is 60.8 Å². The highest BCUT2D eigenvalue weighted by Crippen LogP contribution is 2.43. The first-order chi connectivity index (χ1) is 27.5. The summed E-state index contributed by atoms with van der Waals surface area (Å²) >= 11 is 0. The van der Waals surface area contributed by atoms with Crippen LogP contribution >= 0.6 is 7.82 Å². The van der Waals surface area contributed by atoms with Crippen molar-refractivity contribution >= 4 is 25.7 Å². The van der Waals surface area contributed by atoms with E-state index in [1.165, 1.54) is 51.4 Å². The fourth-order valence-corrected chi connectivity index (χ4v) is 6.17. The van der Waals surface area contributed by atoms with Gasteiger partial charge >= 0.3 is 25.7 Å². The summed E-state index contributed by atoms with van der Waals surface area (Å²) < 4.78 is 32.6. The Kier molecular flexibility index (Phi) is 36.7. The molecule has 0 radical (unpaired) electrons. The highest BCUT2D eigenvalue weighted by Gasteiger charge is 2.28. The molecule has 0 aliphatic rings. The molecule has 5 N–H and O–H groups in total. The molecule has 0 aromatic carbocycles. The first-order valence-corrected chi connectivity index (χ1v) is 22.9. The highest BCUT2D eigenvalue weighted by atomic mass is 31.2. The fourth-order valence-electron chi connectivity index (χ4n) is 5.40. The number of hydrogen-bond donors (Lipinski definition) is 4. The molecular weight excluding hydrogens is 749 g/mol. The van der Waals surface area contributed by atoms with Crippen LogP contribution in [0.15, 0.2) is 60.8 Å². The zero-order valence-corrected chi connectivity index (χ0v) is 35.9. The third kappa shape index (κ3) is 38.4. The summed E-state index contributed by atoms with van der Waals surface area (Å²) in [6.45, 7) is 2.58. The van der Waals surface area contributed by atoms with Gasteiger partial charge in [0.05, 0.1) is 19.3 Å². The monoisotopic (exact) mass is 826 g/mol. The van der Waals surface area contributed by atoms with Gasteiger partial charge in [0, 0.05) is 12.8 Å². The van der Waals surface area contributed by atoms with Gasteiger partial charge in [-0.05, 0) is 64.2 Å². The molecule has 0 aromatic heterocycles. The molecule has 0 aromatic rings. The largest absolute Gasteiger partial charge is 0.480 e. The lowest BCUT2D eigenvalue weighted by atomic mass is 10.1. The summed E-state index contributed by atoms with van der Waals surface area (Å²) in [6.07, 6.45) is 40.4. The van der Waals surface area contributed by atoms with E-state index in [2.05, 4.69) is 36.6 Å². The van der Waals surface area contributed by atoms with E-state index >= 15 is 0 Å². The van der Waals surface area contributed by atoms with Crippen LogP contribution in [0, 0.1) is 0 Å². The third-order valence-electron chi connectivity index (χ3n) is 8.84. The number of aliphatic carboxylic acids is 1. The Hall–Kier alpha value is -2.86. The number of ether oxygens (including phenoxy) is 2. The second-order valence-corrected chi connectivity index (χ2v) is 15.8. The van der Waals surface area contributed by atoms with Crippen molar-refractivity contribution in [1.29, 1.82) is 0 Å². The van der Waals surface area contributed by atoms with E-state index in [0.717, 1.165) is 64.2 Å². The number of carboxylic acids is 1. The number of unbranched alkanes of at least 4 members (excludes halogenated alkanes) is 14. The molecule has 0 saturated carbocycles. The molecule has 0 aliphatic carbocycles. The van der Waals surface area contributed by atoms with Gasteiger partial charge in [-0.25, -0.2) is 4.57 Å². The van der Waals surface area contributed by atoms with Gasteiger partial charge in [-0.2, -0.15) is 0 Å². The van der Waals surface area contributed by atoms with Crippen LogP contribution in [0.2, 0.25) is 0 Å². The number of allylic oxidation sites excluding steroid dienone is 9. The van der Waals surface area contributed by atoms with Crippen LogP contribution in [0.4, 0.5) is 0 Å². The summed E-state index contributed by atoms with van der Waals surface area (Å²) in [5, 5.41) is 18.8. The van der Waals surface area contributed by atoms with Crippen molar-refractivity contribution in [3.8, 4) is 0 Å². The van der Waals surface area contributed by atoms with Gasteiger partial charge in [0.2, 0.25) is 0 Å². The van der Waals surface area contributed by atoms with Crippen LogP contribution in [-0.4, -0.2) is 71.1 Å². The van der Waals surface area contributed by atoms with Crippen LogP contribution in [0.3, 0.4) is 0 Å². The number of aliphatic hydroxyl groups excluding tert-OH is 1. The van der Waals surface area contributed by atoms with Crippen molar-refractivity contribution in [2.24, 2.45) is 5.73 Å². The van der Waals surface area contributed by atoms with Crippen LogP contribution in [0.25, 0.3) is 0 Å². The quantitative estimate of drug-likeness (QED) is 0.0151. The Balaban J connectivity index is 4.53. The number of phosphoric ester groups is 1. The van der Waals surface area contributed by atoms with E-state index in [0.29, 0.717) is 19.3 Å². The summed E-state index contributed by atoms with van der Waals surface area (Å²) in [5.41, 5.74) is 5.32. The molecule has 0 fully saturated rings. The number of esters is 2. The molecule has 0 rings (SSSR count). The average Bonchev–Trinajstić information content (AvgIpc) is 3.18. The molecule has 4 atom stereocenters. The molecule has 0 amide bonds. The summed E-state index contributed by atoms with van der Waals surface area (Å²) in [7, 11) is -4.74. The molecule has 12 nitrogen and oxygen atoms in total. The number of carbonyl (C=O) groups excluding carboxylic acids is 2. The Morgan fingerprint density at radius 2 is 1.16 bits per heavy atom. The van der Waals surface area contributed by atoms with Gasteiger partial charge in [0.1, 0.15) is 12.6 Å². The molecule has 1 unspecified atom stereocenters. The van der Waals surface area contributed by atoms with Crippen LogP contribution in [0.5, 0.6) is 0 Å². The molecule has 0 heterocycles. The minimum atomic E-state index is -4.74. The molecule has 0 saturated heterocycles. The lowest BCUT2D eigenvalue weighted by Gasteiger charge is -2.20. The SMILES string of the molecule is CCCCCC/C=C\CCCCCCCCCC(=O)OC[C@H](COP(=O)(O)OC[C@H](N)C(=O)O)OC(=O)CCC/C=C\C/C=C\C/C=C\C=C\[C@@H](O)CCCCC. The number of nitrogens with two attached hydrogens (primary N) is 1. The second-order valence-electron chi connectivity index (χ2n) is 14.3. The molecular formula is C44H76NO11P. The minimum Gasteiger partial charge on any atom is -0.480 e. The maximum atomic E-state index is 12.6. The van der Waals surface area contributed by atoms with Crippen molar-refractivity contribution in [3.63, 3.8) is 0 Å². The maximum Gasteiger partial charge on any atom is 0.472 e. The average molecular weight is 826 g/mol. The van der Waals surface area contributed by atoms with Gasteiger partial charge in [0.15, 0.2) is 6.10 Å². The zero-order chi connectivity index (χ0) is 42.2. The number of carboxylic acid groups (broad SMARTS) is 1. The maximum absolute atomic E-state index is 12.6. The summed E-state index contributed by atoms with van der Waals surface area (Å²) in [5.74, 6) is -2.50. The normalized spacial score (nSPS) is 14.9. The minimum absolute atomic E-state index is 0.0623. The molecule has 0 spiro atoms. The van der Waals surface area contributed by atoms with Gasteiger partial charge < -0.3 is 30.3 Å². The van der Waals surface area contributed by atoms with E-state index < -0.39 is 57.2 Å². The molecule has 0 aliphatic heterocycles. The van der Waals surface area contributed by atoms with E-state index in [9.17, 15) is 28.9 Å². The standard InChI is InChI=1S/C44H76NO11P/c1-3-5-7-8-9-10-11-12-13-14-17-20-23-26-30-34-42(47)53-36-40(37-54-57(51,52)55-38-41(45)44(49)50)56-43(48)35-31-27-24-21-18-15-16-19-22-25-29-33-39(46)32-28-6-4-2/h10-11,15-16,21-22,24-25,29,33,39-41,46H,3-9,12-14,17-20,23,26-28,30-32,34-38,45H2,1-2H3,(H,49,50)(H,51,52)/b11-10-,16-15-,24-21-,25-22-,33-29+/t39-,40+,41-/m0/s1. The number of aliphatic hydroxyl groups is 1. The smallest absolute Gasteiger partial charge is 0.472 e. The van der Waals surface area contributed by atoms with Gasteiger partial charge in [-0.1, -0.05) is 145 Å². The van der Waals surface area contributed by atoms with Crippen molar-refractivity contribution in [1.82, 2.24) is 0 Å². The predicted octanol–water partition coefficient (Wildman–Crippen LogP) is 10.1. The number of phosphoric acid groups is 1. The lowest BCUT2D eigenvalue weighted by molar-refractivity contribution is -0.161. The number of rotatable bonds is 39. The van der Waals surface area contributed by atoms with Gasteiger partial charge in [-0.15, -0.1) is 0 Å². The van der Waals surface area contributed by atoms with Crippen LogP contribution in [0.1, 0.15) is 162 Å². The predicted molar refractivity (Wildman–Crippen MR) is 227 cm³/mol. The Labute approximate surface area is 343 Å². The van der Waals surface area contributed by atoms with Crippen LogP contribution < -0.4 is 5.73 Å². The zero-order valence-electron chi connectivity index (χ0n) is 35.0. The summed E-state index contributed by atoms with van der Waals surface area (Å²) in [6, 6.07) is -1.54. The van der Waals surface area contributed by atoms with Crippen molar-refractivity contribution in [2.45, 2.75) is 180 Å². The lowest BCUT2D eigenvalue weighted by Crippen LogP contribution is -2.34. The Morgan fingerprint density at radius 1 is 0.632 bits per heavy atom. The fraction of sp³-hybridized carbons (Fsp3) is 0.705. The first kappa shape index (κ1) is 54.1. The van der Waals surface area contributed by atoms with E-state index in [4.69, 9.17) is 24.8 Å². The number of carbonyl (C=O) groups is 3. The highest BCUT2D eigenvalue weighted by molar-refractivity contribution is 7.47. The Morgan fingerprint density at radius 3 is 1.82 bits per heavy atom. The second kappa shape index (κ2) is 38.6. The molecule has 0 bridgehead atoms. The number of hydrogen-bond acceptors (Lipinski definition) is 10. The summed E-state index contributed by atoms with van der Waals surface area (Å²) in [4.78, 5) is 45.9. The third-order valence-corrected chi connectivity index (χ3v) is 9.79. The molecule has 13 heteroatoms. The van der Waals surface area contributed by atoms with Crippen molar-refractivity contribution in [2.75, 3.05) is 19.8 Å². The van der Waals surface area contributed by atoms with E-state index in [1.807, 2.05) is 42.5 Å². The molecule has 328 valence electrons. The van der Waals surface area contributed by atoms with E-state index in [1.54, 1.807) is 0 Å². The van der Waals surface area contributed by atoms with Crippen molar-refractivity contribution < 1.29 is 52.6 Å². The van der Waals surface area contributed by atoms with Crippen LogP contribution in [-0.2, 0) is 37.5 Å². The van der Waals surface area contributed by atoms with E-state index in [-0.39, 0.29) is 19.4 Å².